The molecule has 118 valence electrons. The summed E-state index contributed by atoms with van der Waals surface area (Å²) in [7, 11) is 1.68. The van der Waals surface area contributed by atoms with E-state index in [1.54, 1.807) is 66.9 Å². The van der Waals surface area contributed by atoms with Gasteiger partial charge in [-0.1, -0.05) is 0 Å². The molecule has 3 rings (SSSR count). The summed E-state index contributed by atoms with van der Waals surface area (Å²) in [6.45, 7) is 0. The molecule has 3 aromatic rings. The fourth-order valence-electron chi connectivity index (χ4n) is 2.37. The first-order chi connectivity index (χ1) is 11.2. The number of methoxy groups -OCH3 is 2. The predicted octanol–water partition coefficient (Wildman–Crippen LogP) is 3.04. The minimum atomic E-state index is -1.46. The largest absolute Gasteiger partial charge is 0.497 e. The van der Waals surface area contributed by atoms with Gasteiger partial charge < -0.3 is 9.47 Å². The lowest BCUT2D eigenvalue weighted by Crippen LogP contribution is -2.03. The number of rotatable bonds is 5. The number of aromatic nitrogens is 1. The summed E-state index contributed by atoms with van der Waals surface area (Å²) in [5, 5.41) is 0.709. The third-order valence-corrected chi connectivity index (χ3v) is 4.91. The Morgan fingerprint density at radius 1 is 1.00 bits per heavy atom. The molecular formula is C17H15NO4S. The van der Waals surface area contributed by atoms with Crippen LogP contribution in [0.5, 0.6) is 11.5 Å². The molecule has 2 aromatic carbocycles. The zero-order chi connectivity index (χ0) is 16.4. The van der Waals surface area contributed by atoms with Gasteiger partial charge in [0.1, 0.15) is 11.5 Å². The maximum Gasteiger partial charge on any atom is 0.157 e. The van der Waals surface area contributed by atoms with E-state index >= 15 is 0 Å². The Labute approximate surface area is 136 Å². The van der Waals surface area contributed by atoms with Gasteiger partial charge in [-0.05, 0) is 42.5 Å². The number of aldehydes is 1. The molecule has 0 radical (unpaired) electrons. The van der Waals surface area contributed by atoms with E-state index in [1.807, 2.05) is 0 Å². The van der Waals surface area contributed by atoms with Gasteiger partial charge in [-0.15, -0.1) is 0 Å². The van der Waals surface area contributed by atoms with Crippen molar-refractivity contribution in [2.75, 3.05) is 14.2 Å². The monoisotopic (exact) mass is 329 g/mol. The van der Waals surface area contributed by atoms with Crippen molar-refractivity contribution >= 4 is 28.2 Å². The van der Waals surface area contributed by atoms with Gasteiger partial charge in [0.2, 0.25) is 0 Å². The van der Waals surface area contributed by atoms with Gasteiger partial charge in [-0.2, -0.15) is 0 Å². The number of hydrogen-bond acceptors (Lipinski definition) is 4. The zero-order valence-corrected chi connectivity index (χ0v) is 13.5. The number of benzene rings is 2. The summed E-state index contributed by atoms with van der Waals surface area (Å²) in [5.74, 6) is 1.34. The average Bonchev–Trinajstić information content (AvgIpc) is 2.99. The topological polar surface area (TPSA) is 57.5 Å². The van der Waals surface area contributed by atoms with Crippen LogP contribution in [-0.2, 0) is 11.0 Å². The van der Waals surface area contributed by atoms with Crippen molar-refractivity contribution in [1.82, 2.24) is 3.97 Å². The van der Waals surface area contributed by atoms with Gasteiger partial charge in [0.25, 0.3) is 0 Å². The van der Waals surface area contributed by atoms with Crippen LogP contribution in [0.3, 0.4) is 0 Å². The molecule has 23 heavy (non-hydrogen) atoms. The lowest BCUT2D eigenvalue weighted by molar-refractivity contribution is 0.112. The third-order valence-electron chi connectivity index (χ3n) is 3.58. The molecule has 0 amide bonds. The average molecular weight is 329 g/mol. The first-order valence-corrected chi connectivity index (χ1v) is 7.99. The summed E-state index contributed by atoms with van der Waals surface area (Å²) in [6, 6.07) is 12.3. The maximum atomic E-state index is 12.8. The molecule has 0 fully saturated rings. The fourth-order valence-corrected chi connectivity index (χ4v) is 3.51. The molecule has 0 aliphatic rings. The number of nitrogens with zero attached hydrogens (tertiary/aromatic N) is 1. The minimum absolute atomic E-state index is 0.473. The number of hydrogen-bond donors (Lipinski definition) is 0. The first kappa shape index (κ1) is 15.3. The Morgan fingerprint density at radius 2 is 1.65 bits per heavy atom. The molecule has 0 aliphatic carbocycles. The molecule has 6 heteroatoms. The highest BCUT2D eigenvalue weighted by molar-refractivity contribution is 7.83. The van der Waals surface area contributed by atoms with Crippen molar-refractivity contribution < 1.29 is 18.5 Å². The highest BCUT2D eigenvalue weighted by Gasteiger charge is 2.15. The molecule has 5 nitrogen and oxygen atoms in total. The Hall–Kier alpha value is -2.60. The molecule has 0 saturated carbocycles. The summed E-state index contributed by atoms with van der Waals surface area (Å²) in [4.78, 5) is 11.9. The second kappa shape index (κ2) is 6.26. The highest BCUT2D eigenvalue weighted by Crippen LogP contribution is 2.27. The Balaban J connectivity index is 2.11. The first-order valence-electron chi connectivity index (χ1n) is 6.88. The summed E-state index contributed by atoms with van der Waals surface area (Å²) in [6.07, 6.45) is 2.35. The summed E-state index contributed by atoms with van der Waals surface area (Å²) < 4.78 is 24.7. The molecular weight excluding hydrogens is 314 g/mol. The van der Waals surface area contributed by atoms with Crippen molar-refractivity contribution in [3.8, 4) is 11.5 Å². The zero-order valence-electron chi connectivity index (χ0n) is 12.7. The molecule has 1 aromatic heterocycles. The van der Waals surface area contributed by atoms with E-state index in [0.717, 1.165) is 6.29 Å². The van der Waals surface area contributed by atoms with Crippen molar-refractivity contribution in [2.24, 2.45) is 0 Å². The van der Waals surface area contributed by atoms with Gasteiger partial charge in [0.05, 0.1) is 24.6 Å². The molecule has 0 aliphatic heterocycles. The number of ether oxygens (including phenoxy) is 2. The van der Waals surface area contributed by atoms with E-state index in [2.05, 4.69) is 0 Å². The standard InChI is InChI=1S/C17H15NO4S/c1-21-13-3-6-15(7-4-13)23(20)18-10-12(11-19)16-9-14(22-2)5-8-17(16)18/h3-11H,1-2H3. The molecule has 0 saturated heterocycles. The number of carbonyl (C=O) groups excluding carboxylic acids is 1. The molecule has 0 bridgehead atoms. The van der Waals surface area contributed by atoms with E-state index in [-0.39, 0.29) is 0 Å². The smallest absolute Gasteiger partial charge is 0.157 e. The molecule has 1 heterocycles. The highest BCUT2D eigenvalue weighted by atomic mass is 32.2. The number of fused-ring (bicyclic) bond motifs is 1. The van der Waals surface area contributed by atoms with Gasteiger partial charge in [-0.25, -0.2) is 4.21 Å². The van der Waals surface area contributed by atoms with Crippen LogP contribution < -0.4 is 9.47 Å². The van der Waals surface area contributed by atoms with Crippen LogP contribution in [0.4, 0.5) is 0 Å². The SMILES string of the molecule is COc1ccc(S(=O)n2cc(C=O)c3cc(OC)ccc32)cc1. The van der Waals surface area contributed by atoms with Crippen LogP contribution >= 0.6 is 0 Å². The lowest BCUT2D eigenvalue weighted by atomic mass is 10.2. The van der Waals surface area contributed by atoms with E-state index in [1.165, 1.54) is 0 Å². The Bertz CT molecular complexity index is 883. The van der Waals surface area contributed by atoms with Gasteiger partial charge in [0.15, 0.2) is 17.3 Å². The Morgan fingerprint density at radius 3 is 2.26 bits per heavy atom. The van der Waals surface area contributed by atoms with E-state index < -0.39 is 11.0 Å². The lowest BCUT2D eigenvalue weighted by Gasteiger charge is -2.07. The van der Waals surface area contributed by atoms with Gasteiger partial charge in [-0.3, -0.25) is 8.77 Å². The summed E-state index contributed by atoms with van der Waals surface area (Å²) >= 11 is 0. The number of carbonyl (C=O) groups is 1. The van der Waals surface area contributed by atoms with Crippen molar-refractivity contribution in [1.29, 1.82) is 0 Å². The van der Waals surface area contributed by atoms with Crippen molar-refractivity contribution in [3.05, 3.63) is 54.2 Å². The quantitative estimate of drug-likeness (QED) is 0.675. The maximum absolute atomic E-state index is 12.8. The molecule has 1 atom stereocenters. The van der Waals surface area contributed by atoms with Gasteiger partial charge >= 0.3 is 0 Å². The third kappa shape index (κ3) is 2.73. The fraction of sp³-hybridized carbons (Fsp3) is 0.118. The van der Waals surface area contributed by atoms with Crippen LogP contribution in [0.15, 0.2) is 53.6 Å². The van der Waals surface area contributed by atoms with E-state index in [0.29, 0.717) is 32.9 Å². The van der Waals surface area contributed by atoms with Crippen LogP contribution in [-0.4, -0.2) is 28.7 Å². The van der Waals surface area contributed by atoms with Crippen molar-refractivity contribution in [2.45, 2.75) is 4.90 Å². The molecule has 0 spiro atoms. The Kier molecular flexibility index (Phi) is 4.16. The van der Waals surface area contributed by atoms with Crippen LogP contribution in [0.25, 0.3) is 10.9 Å². The van der Waals surface area contributed by atoms with E-state index in [9.17, 15) is 9.00 Å². The van der Waals surface area contributed by atoms with Crippen LogP contribution in [0, 0.1) is 0 Å². The van der Waals surface area contributed by atoms with Crippen LogP contribution in [0.1, 0.15) is 10.4 Å². The minimum Gasteiger partial charge on any atom is -0.497 e. The van der Waals surface area contributed by atoms with Crippen molar-refractivity contribution in [3.63, 3.8) is 0 Å². The predicted molar refractivity (Wildman–Crippen MR) is 88.7 cm³/mol. The summed E-state index contributed by atoms with van der Waals surface area (Å²) in [5.41, 5.74) is 1.18. The molecule has 1 unspecified atom stereocenters. The van der Waals surface area contributed by atoms with Gasteiger partial charge in [0, 0.05) is 17.1 Å². The normalized spacial score (nSPS) is 12.1. The van der Waals surface area contributed by atoms with Crippen LogP contribution in [0.2, 0.25) is 0 Å². The second-order valence-electron chi connectivity index (χ2n) is 4.84. The molecule has 0 N–H and O–H groups in total. The second-order valence-corrected chi connectivity index (χ2v) is 6.20. The van der Waals surface area contributed by atoms with E-state index in [4.69, 9.17) is 9.47 Å².